The maximum Gasteiger partial charge on any atom is 0.159 e. The molecule has 0 spiro atoms. The average Bonchev–Trinajstić information content (AvgIpc) is 1.85. The first-order valence-corrected chi connectivity index (χ1v) is 3.13. The van der Waals surface area contributed by atoms with Gasteiger partial charge >= 0.3 is 0 Å². The summed E-state index contributed by atoms with van der Waals surface area (Å²) in [7, 11) is 1.49. The number of allylic oxidation sites excluding steroid dienone is 1. The van der Waals surface area contributed by atoms with E-state index in [9.17, 15) is 4.79 Å². The summed E-state index contributed by atoms with van der Waals surface area (Å²) in [5.41, 5.74) is 0. The molecule has 0 aromatic carbocycles. The molecule has 0 rings (SSSR count). The van der Waals surface area contributed by atoms with E-state index in [4.69, 9.17) is 11.6 Å². The third-order valence-corrected chi connectivity index (χ3v) is 0.920. The van der Waals surface area contributed by atoms with Crippen molar-refractivity contribution < 1.29 is 9.53 Å². The number of halogens is 1. The molecule has 0 saturated heterocycles. The molecule has 0 aliphatic rings. The summed E-state index contributed by atoms with van der Waals surface area (Å²) in [4.78, 5) is 10.6. The van der Waals surface area contributed by atoms with Gasteiger partial charge in [-0.15, -0.1) is 11.6 Å². The Hall–Kier alpha value is -0.500. The topological polar surface area (TPSA) is 26.3 Å². The number of carbonyl (C=O) groups is 1. The van der Waals surface area contributed by atoms with E-state index >= 15 is 0 Å². The van der Waals surface area contributed by atoms with Crippen LogP contribution in [0.15, 0.2) is 12.3 Å². The fraction of sp³-hybridized carbons (Fsp3) is 0.500. The molecular formula is C6H9ClO2. The minimum absolute atomic E-state index is 0.00755. The van der Waals surface area contributed by atoms with Gasteiger partial charge in [-0.2, -0.15) is 0 Å². The molecule has 0 aliphatic heterocycles. The monoisotopic (exact) mass is 148 g/mol. The van der Waals surface area contributed by atoms with Gasteiger partial charge in [0.1, 0.15) is 0 Å². The number of rotatable bonds is 4. The average molecular weight is 149 g/mol. The van der Waals surface area contributed by atoms with Gasteiger partial charge in [0.15, 0.2) is 5.78 Å². The summed E-state index contributed by atoms with van der Waals surface area (Å²) in [6, 6.07) is 0. The largest absolute Gasteiger partial charge is 0.504 e. The maximum absolute atomic E-state index is 10.6. The lowest BCUT2D eigenvalue weighted by molar-refractivity contribution is -0.114. The zero-order valence-electron chi connectivity index (χ0n) is 5.26. The first kappa shape index (κ1) is 8.50. The van der Waals surface area contributed by atoms with Crippen LogP contribution in [0.4, 0.5) is 0 Å². The molecule has 0 amide bonds. The van der Waals surface area contributed by atoms with Crippen molar-refractivity contribution in [3.05, 3.63) is 12.3 Å². The first-order valence-electron chi connectivity index (χ1n) is 2.59. The summed E-state index contributed by atoms with van der Waals surface area (Å²) < 4.78 is 4.51. The van der Waals surface area contributed by atoms with E-state index in [0.29, 0.717) is 12.3 Å². The molecule has 0 aromatic rings. The maximum atomic E-state index is 10.6. The number of ether oxygens (including phenoxy) is 1. The third-order valence-electron chi connectivity index (χ3n) is 0.731. The fourth-order valence-corrected chi connectivity index (χ4v) is 0.507. The molecule has 3 heteroatoms. The quantitative estimate of drug-likeness (QED) is 0.342. The first-order chi connectivity index (χ1) is 4.31. The van der Waals surface area contributed by atoms with Crippen molar-refractivity contribution in [3.8, 4) is 0 Å². The van der Waals surface area contributed by atoms with Gasteiger partial charge in [-0.25, -0.2) is 0 Å². The zero-order valence-corrected chi connectivity index (χ0v) is 6.02. The van der Waals surface area contributed by atoms with Crippen LogP contribution in [0, 0.1) is 0 Å². The van der Waals surface area contributed by atoms with Gasteiger partial charge in [0.2, 0.25) is 0 Å². The molecule has 0 atom stereocenters. The Morgan fingerprint density at radius 2 is 2.44 bits per heavy atom. The van der Waals surface area contributed by atoms with Crippen molar-refractivity contribution in [2.75, 3.05) is 13.0 Å². The number of hydrogen-bond donors (Lipinski definition) is 0. The predicted molar refractivity (Wildman–Crippen MR) is 36.5 cm³/mol. The van der Waals surface area contributed by atoms with Crippen molar-refractivity contribution in [1.29, 1.82) is 0 Å². The van der Waals surface area contributed by atoms with Crippen LogP contribution in [0.1, 0.15) is 6.42 Å². The van der Waals surface area contributed by atoms with Crippen LogP contribution in [0.5, 0.6) is 0 Å². The normalized spacial score (nSPS) is 10.0. The number of hydrogen-bond acceptors (Lipinski definition) is 2. The summed E-state index contributed by atoms with van der Waals surface area (Å²) in [6.45, 7) is 0. The lowest BCUT2D eigenvalue weighted by Gasteiger charge is -1.86. The Bertz CT molecular complexity index is 110. The molecule has 2 nitrogen and oxygen atoms in total. The molecule has 0 bridgehead atoms. The minimum atomic E-state index is -0.00755. The zero-order chi connectivity index (χ0) is 7.11. The molecule has 9 heavy (non-hydrogen) atoms. The van der Waals surface area contributed by atoms with Gasteiger partial charge in [-0.3, -0.25) is 4.79 Å². The lowest BCUT2D eigenvalue weighted by atomic mass is 10.3. The fourth-order valence-electron chi connectivity index (χ4n) is 0.320. The molecule has 0 fully saturated rings. The summed E-state index contributed by atoms with van der Waals surface area (Å²) >= 11 is 5.28. The van der Waals surface area contributed by atoms with E-state index in [0.717, 1.165) is 0 Å². The van der Waals surface area contributed by atoms with E-state index in [1.54, 1.807) is 0 Å². The number of ketones is 1. The molecule has 0 aromatic heterocycles. The van der Waals surface area contributed by atoms with Crippen LogP contribution in [-0.2, 0) is 9.53 Å². The second kappa shape index (κ2) is 5.63. The summed E-state index contributed by atoms with van der Waals surface area (Å²) in [6.07, 6.45) is 3.08. The van der Waals surface area contributed by atoms with Crippen molar-refractivity contribution in [1.82, 2.24) is 0 Å². The number of methoxy groups -OCH3 is 1. The minimum Gasteiger partial charge on any atom is -0.504 e. The van der Waals surface area contributed by atoms with Gasteiger partial charge in [-0.05, 0) is 0 Å². The molecule has 0 aliphatic carbocycles. The van der Waals surface area contributed by atoms with Gasteiger partial charge < -0.3 is 4.74 Å². The molecular weight excluding hydrogens is 140 g/mol. The lowest BCUT2D eigenvalue weighted by Crippen LogP contribution is -1.92. The Morgan fingerprint density at radius 3 is 2.89 bits per heavy atom. The molecule has 0 radical (unpaired) electrons. The molecule has 52 valence electrons. The van der Waals surface area contributed by atoms with Crippen molar-refractivity contribution in [2.45, 2.75) is 6.42 Å². The predicted octanol–water partition coefficient (Wildman–Crippen LogP) is 1.34. The Labute approximate surface area is 59.5 Å². The van der Waals surface area contributed by atoms with Gasteiger partial charge in [0, 0.05) is 18.4 Å². The Kier molecular flexibility index (Phi) is 5.32. The standard InChI is InChI=1S/C6H9ClO2/c1-9-5-3-6(8)2-4-7/h3,5H,2,4H2,1H3/b5-3+. The summed E-state index contributed by atoms with van der Waals surface area (Å²) in [5, 5.41) is 0. The second-order valence-corrected chi connectivity index (χ2v) is 1.82. The molecule has 0 heterocycles. The van der Waals surface area contributed by atoms with Crippen molar-refractivity contribution in [3.63, 3.8) is 0 Å². The highest BCUT2D eigenvalue weighted by Crippen LogP contribution is 1.88. The number of carbonyl (C=O) groups excluding carboxylic acids is 1. The van der Waals surface area contributed by atoms with E-state index < -0.39 is 0 Å². The van der Waals surface area contributed by atoms with Crippen LogP contribution in [-0.4, -0.2) is 18.8 Å². The molecule has 0 saturated carbocycles. The Morgan fingerprint density at radius 1 is 1.78 bits per heavy atom. The smallest absolute Gasteiger partial charge is 0.159 e. The second-order valence-electron chi connectivity index (χ2n) is 1.44. The third kappa shape index (κ3) is 5.37. The van der Waals surface area contributed by atoms with Gasteiger partial charge in [0.05, 0.1) is 13.4 Å². The van der Waals surface area contributed by atoms with Crippen LogP contribution in [0.3, 0.4) is 0 Å². The van der Waals surface area contributed by atoms with Crippen LogP contribution < -0.4 is 0 Å². The highest BCUT2D eigenvalue weighted by molar-refractivity contribution is 6.19. The van der Waals surface area contributed by atoms with Crippen LogP contribution in [0.2, 0.25) is 0 Å². The van der Waals surface area contributed by atoms with E-state index in [-0.39, 0.29) is 5.78 Å². The van der Waals surface area contributed by atoms with Crippen LogP contribution in [0.25, 0.3) is 0 Å². The molecule has 0 unspecified atom stereocenters. The SMILES string of the molecule is CO/C=C/C(=O)CCCl. The Balaban J connectivity index is 3.37. The van der Waals surface area contributed by atoms with Gasteiger partial charge in [-0.1, -0.05) is 0 Å². The highest BCUT2D eigenvalue weighted by Gasteiger charge is 1.91. The van der Waals surface area contributed by atoms with E-state index in [2.05, 4.69) is 4.74 Å². The van der Waals surface area contributed by atoms with E-state index in [1.807, 2.05) is 0 Å². The van der Waals surface area contributed by atoms with Crippen molar-refractivity contribution in [2.24, 2.45) is 0 Å². The molecule has 0 N–H and O–H groups in total. The summed E-state index contributed by atoms with van der Waals surface area (Å²) in [5.74, 6) is 0.360. The highest BCUT2D eigenvalue weighted by atomic mass is 35.5. The number of alkyl halides is 1. The van der Waals surface area contributed by atoms with Crippen molar-refractivity contribution >= 4 is 17.4 Å². The van der Waals surface area contributed by atoms with Crippen LogP contribution >= 0.6 is 11.6 Å². The van der Waals surface area contributed by atoms with Gasteiger partial charge in [0.25, 0.3) is 0 Å². The van der Waals surface area contributed by atoms with E-state index in [1.165, 1.54) is 19.4 Å².